The number of aliphatic hydroxyl groups excluding tert-OH is 2. The first-order valence-electron chi connectivity index (χ1n) is 7.28. The van der Waals surface area contributed by atoms with Gasteiger partial charge in [-0.25, -0.2) is 8.42 Å². The number of carbonyl (C=O) groups is 1. The molecule has 0 saturated carbocycles. The summed E-state index contributed by atoms with van der Waals surface area (Å²) in [6.45, 7) is 0.420. The molecule has 0 radical (unpaired) electrons. The fraction of sp³-hybridized carbons (Fsp3) is 0.500. The second-order valence-corrected chi connectivity index (χ2v) is 6.35. The Balaban J connectivity index is 2.27. The van der Waals surface area contributed by atoms with Gasteiger partial charge in [0, 0.05) is 6.92 Å². The van der Waals surface area contributed by atoms with Crippen LogP contribution >= 0.6 is 0 Å². The number of para-hydroxylation sites is 1. The Kier molecular flexibility index (Phi) is 6.32. The van der Waals surface area contributed by atoms with Crippen LogP contribution in [-0.2, 0) is 24.1 Å². The first-order chi connectivity index (χ1) is 11.7. The van der Waals surface area contributed by atoms with Gasteiger partial charge in [-0.15, -0.1) is 0 Å². The van der Waals surface area contributed by atoms with Crippen molar-refractivity contribution in [2.75, 3.05) is 6.61 Å². The molecule has 1 amide bonds. The van der Waals surface area contributed by atoms with Crippen molar-refractivity contribution in [3.63, 3.8) is 0 Å². The Morgan fingerprint density at radius 1 is 1.36 bits per heavy atom. The van der Waals surface area contributed by atoms with E-state index in [1.807, 2.05) is 0 Å². The van der Waals surface area contributed by atoms with Gasteiger partial charge >= 0.3 is 0 Å². The Hall–Kier alpha value is -1.76. The van der Waals surface area contributed by atoms with E-state index in [2.05, 4.69) is 9.50 Å². The zero-order valence-electron chi connectivity index (χ0n) is 13.1. The molecule has 0 bridgehead atoms. The summed E-state index contributed by atoms with van der Waals surface area (Å²) in [4.78, 5) is 11.4. The Labute approximate surface area is 144 Å². The van der Waals surface area contributed by atoms with Crippen molar-refractivity contribution in [3.05, 3.63) is 30.3 Å². The molecule has 1 aliphatic rings. The molecule has 1 aromatic carbocycles. The van der Waals surface area contributed by atoms with Gasteiger partial charge < -0.3 is 29.6 Å². The molecule has 1 fully saturated rings. The lowest BCUT2D eigenvalue weighted by atomic mass is 9.97. The fourth-order valence-electron chi connectivity index (χ4n) is 2.44. The maximum absolute atomic E-state index is 11.4. The van der Waals surface area contributed by atoms with E-state index in [1.165, 1.54) is 6.92 Å². The molecule has 11 heteroatoms. The van der Waals surface area contributed by atoms with Gasteiger partial charge in [0.15, 0.2) is 0 Å². The lowest BCUT2D eigenvalue weighted by Crippen LogP contribution is -2.66. The molecule has 0 aliphatic carbocycles. The number of amides is 1. The summed E-state index contributed by atoms with van der Waals surface area (Å²) < 4.78 is 47.8. The third-order valence-corrected chi connectivity index (χ3v) is 3.91. The molecule has 3 N–H and O–H groups in total. The lowest BCUT2D eigenvalue weighted by molar-refractivity contribution is -0.239. The normalized spacial score (nSPS) is 29.8. The van der Waals surface area contributed by atoms with Crippen molar-refractivity contribution >= 4 is 16.3 Å². The summed E-state index contributed by atoms with van der Waals surface area (Å²) in [5.41, 5.74) is 0. The topological polar surface area (TPSA) is 154 Å². The molecular weight excluding hydrogens is 358 g/mol. The average molecular weight is 376 g/mol. The molecule has 10 nitrogen and oxygen atoms in total. The number of hydrogen-bond acceptors (Lipinski definition) is 9. The van der Waals surface area contributed by atoms with Gasteiger partial charge in [0.25, 0.3) is 0 Å². The highest BCUT2D eigenvalue weighted by atomic mass is 32.3. The van der Waals surface area contributed by atoms with E-state index in [9.17, 15) is 28.0 Å². The molecule has 1 heterocycles. The zero-order valence-corrected chi connectivity index (χ0v) is 14.0. The monoisotopic (exact) mass is 376 g/mol. The lowest BCUT2D eigenvalue weighted by Gasteiger charge is -2.43. The zero-order chi connectivity index (χ0) is 18.6. The SMILES string of the molecule is CC(=O)NC1[C@H](Oc2ccccc2)OC(CO)[C@H](OS(=O)(=O)[O-])[C@@H]1O. The van der Waals surface area contributed by atoms with E-state index in [0.717, 1.165) is 0 Å². The van der Waals surface area contributed by atoms with Gasteiger partial charge in [0.2, 0.25) is 22.6 Å². The predicted octanol–water partition coefficient (Wildman–Crippen LogP) is -1.51. The second-order valence-electron chi connectivity index (χ2n) is 5.34. The van der Waals surface area contributed by atoms with Crippen LogP contribution in [0.25, 0.3) is 0 Å². The summed E-state index contributed by atoms with van der Waals surface area (Å²) in [5, 5.41) is 22.1. The highest BCUT2D eigenvalue weighted by molar-refractivity contribution is 7.80. The van der Waals surface area contributed by atoms with Crippen LogP contribution in [0.5, 0.6) is 5.75 Å². The first-order valence-corrected chi connectivity index (χ1v) is 8.62. The van der Waals surface area contributed by atoms with Crippen LogP contribution in [0.4, 0.5) is 0 Å². The molecule has 0 aromatic heterocycles. The standard InChI is InChI=1S/C14H19NO9S/c1-8(17)15-11-12(18)13(24-25(19,20)21)10(7-16)23-14(11)22-9-5-3-2-4-6-9/h2-6,10-14,16,18H,7H2,1H3,(H,15,17)(H,19,20,21)/p-1/t10?,11?,12-,13+,14-/m1/s1. The highest BCUT2D eigenvalue weighted by Crippen LogP contribution is 2.27. The van der Waals surface area contributed by atoms with Crippen LogP contribution in [0.1, 0.15) is 6.92 Å². The number of nitrogens with one attached hydrogen (secondary N) is 1. The molecule has 1 saturated heterocycles. The maximum Gasteiger partial charge on any atom is 0.223 e. The molecule has 1 aromatic rings. The molecule has 5 atom stereocenters. The minimum Gasteiger partial charge on any atom is -0.726 e. The minimum atomic E-state index is -5.18. The van der Waals surface area contributed by atoms with Gasteiger partial charge in [-0.1, -0.05) is 18.2 Å². The molecular formula is C14H18NO9S-. The van der Waals surface area contributed by atoms with Crippen LogP contribution in [-0.4, -0.2) is 66.3 Å². The highest BCUT2D eigenvalue weighted by Gasteiger charge is 2.48. The van der Waals surface area contributed by atoms with Crippen molar-refractivity contribution in [1.82, 2.24) is 5.32 Å². The molecule has 25 heavy (non-hydrogen) atoms. The summed E-state index contributed by atoms with van der Waals surface area (Å²) in [6, 6.07) is 7.06. The Bertz CT molecular complexity index is 681. The summed E-state index contributed by atoms with van der Waals surface area (Å²) >= 11 is 0. The third kappa shape index (κ3) is 5.36. The minimum absolute atomic E-state index is 0.350. The largest absolute Gasteiger partial charge is 0.726 e. The van der Waals surface area contributed by atoms with Crippen molar-refractivity contribution < 1.29 is 41.6 Å². The van der Waals surface area contributed by atoms with Crippen molar-refractivity contribution in [2.24, 2.45) is 0 Å². The van der Waals surface area contributed by atoms with E-state index >= 15 is 0 Å². The van der Waals surface area contributed by atoms with E-state index in [0.29, 0.717) is 5.75 Å². The number of aliphatic hydroxyl groups is 2. The van der Waals surface area contributed by atoms with Crippen LogP contribution in [0, 0.1) is 0 Å². The van der Waals surface area contributed by atoms with Crippen LogP contribution < -0.4 is 10.1 Å². The van der Waals surface area contributed by atoms with Crippen molar-refractivity contribution in [1.29, 1.82) is 0 Å². The summed E-state index contributed by atoms with van der Waals surface area (Å²) in [6.07, 6.45) is -6.02. The van der Waals surface area contributed by atoms with Crippen LogP contribution in [0.2, 0.25) is 0 Å². The summed E-state index contributed by atoms with van der Waals surface area (Å²) in [5.74, 6) is -0.206. The predicted molar refractivity (Wildman–Crippen MR) is 81.0 cm³/mol. The quantitative estimate of drug-likeness (QED) is 0.397. The molecule has 2 rings (SSSR count). The first kappa shape index (κ1) is 19.6. The molecule has 2 unspecified atom stereocenters. The Morgan fingerprint density at radius 3 is 2.52 bits per heavy atom. The summed E-state index contributed by atoms with van der Waals surface area (Å²) in [7, 11) is -5.18. The van der Waals surface area contributed by atoms with Gasteiger partial charge in [-0.05, 0) is 12.1 Å². The number of ether oxygens (including phenoxy) is 2. The van der Waals surface area contributed by atoms with Crippen molar-refractivity contribution in [2.45, 2.75) is 37.6 Å². The van der Waals surface area contributed by atoms with Crippen LogP contribution in [0.15, 0.2) is 30.3 Å². The van der Waals surface area contributed by atoms with Gasteiger partial charge in [-0.3, -0.25) is 8.98 Å². The van der Waals surface area contributed by atoms with E-state index in [4.69, 9.17) is 9.47 Å². The van der Waals surface area contributed by atoms with E-state index in [1.54, 1.807) is 30.3 Å². The Morgan fingerprint density at radius 2 is 2.00 bits per heavy atom. The van der Waals surface area contributed by atoms with E-state index in [-0.39, 0.29) is 0 Å². The number of rotatable bonds is 6. The maximum atomic E-state index is 11.4. The molecule has 0 spiro atoms. The molecule has 1 aliphatic heterocycles. The average Bonchev–Trinajstić information content (AvgIpc) is 2.53. The second kappa shape index (κ2) is 8.08. The van der Waals surface area contributed by atoms with Gasteiger partial charge in [0.1, 0.15) is 30.1 Å². The van der Waals surface area contributed by atoms with Crippen LogP contribution in [0.3, 0.4) is 0 Å². The number of carbonyl (C=O) groups excluding carboxylic acids is 1. The number of benzene rings is 1. The van der Waals surface area contributed by atoms with Gasteiger partial charge in [-0.2, -0.15) is 0 Å². The number of hydrogen-bond donors (Lipinski definition) is 3. The smallest absolute Gasteiger partial charge is 0.223 e. The fourth-order valence-corrected chi connectivity index (χ4v) is 2.95. The third-order valence-electron chi connectivity index (χ3n) is 3.45. The molecule has 140 valence electrons. The van der Waals surface area contributed by atoms with Crippen molar-refractivity contribution in [3.8, 4) is 5.75 Å². The van der Waals surface area contributed by atoms with E-state index < -0.39 is 53.6 Å². The van der Waals surface area contributed by atoms with Gasteiger partial charge in [0.05, 0.1) is 6.61 Å².